The molecule has 3 rings (SSSR count). The van der Waals surface area contributed by atoms with E-state index in [1.165, 1.54) is 11.8 Å². The normalized spacial score (nSPS) is 18.1. The molecular weight excluding hydrogens is 252 g/mol. The Kier molecular flexibility index (Phi) is 3.02. The first-order valence-electron chi connectivity index (χ1n) is 5.55. The summed E-state index contributed by atoms with van der Waals surface area (Å²) >= 11 is 1.37. The molecule has 18 heavy (non-hydrogen) atoms. The predicted molar refractivity (Wildman–Crippen MR) is 64.7 cm³/mol. The van der Waals surface area contributed by atoms with Gasteiger partial charge in [0.2, 0.25) is 5.16 Å². The molecule has 1 aliphatic heterocycles. The van der Waals surface area contributed by atoms with Crippen molar-refractivity contribution in [2.24, 2.45) is 7.05 Å². The van der Waals surface area contributed by atoms with Gasteiger partial charge in [0.1, 0.15) is 0 Å². The van der Waals surface area contributed by atoms with Gasteiger partial charge in [0.25, 0.3) is 5.12 Å². The molecule has 0 N–H and O–H groups in total. The molecule has 7 heteroatoms. The molecule has 0 saturated carbocycles. The van der Waals surface area contributed by atoms with Crippen molar-refractivity contribution < 1.29 is 9.47 Å². The standard InChI is InChI=1S/C11H12N4O2S/c1-15-10(12-13-14-15)18-11(16-7-8-17-11)9-5-3-2-4-6-9/h2-6H,7-8H2,1H3. The molecule has 1 aromatic heterocycles. The summed E-state index contributed by atoms with van der Waals surface area (Å²) in [6.45, 7) is 1.13. The summed E-state index contributed by atoms with van der Waals surface area (Å²) in [5, 5.41) is 11.2. The Labute approximate surface area is 108 Å². The third kappa shape index (κ3) is 2.00. The quantitative estimate of drug-likeness (QED) is 0.829. The highest BCUT2D eigenvalue weighted by molar-refractivity contribution is 7.99. The molecule has 1 aromatic carbocycles. The predicted octanol–water partition coefficient (Wildman–Crippen LogP) is 1.16. The molecule has 2 heterocycles. The van der Waals surface area contributed by atoms with E-state index >= 15 is 0 Å². The second-order valence-electron chi connectivity index (χ2n) is 3.81. The van der Waals surface area contributed by atoms with Gasteiger partial charge in [0.05, 0.1) is 13.2 Å². The van der Waals surface area contributed by atoms with Crippen molar-refractivity contribution in [3.05, 3.63) is 35.9 Å². The highest BCUT2D eigenvalue weighted by atomic mass is 32.2. The van der Waals surface area contributed by atoms with Crippen molar-refractivity contribution in [2.45, 2.75) is 10.3 Å². The molecule has 6 nitrogen and oxygen atoms in total. The van der Waals surface area contributed by atoms with Crippen LogP contribution < -0.4 is 0 Å². The summed E-state index contributed by atoms with van der Waals surface area (Å²) in [7, 11) is 1.79. The minimum absolute atomic E-state index is 0.563. The van der Waals surface area contributed by atoms with E-state index in [4.69, 9.17) is 9.47 Å². The fourth-order valence-electron chi connectivity index (χ4n) is 1.75. The molecule has 1 saturated heterocycles. The van der Waals surface area contributed by atoms with Crippen LogP contribution >= 0.6 is 11.8 Å². The van der Waals surface area contributed by atoms with E-state index in [2.05, 4.69) is 15.5 Å². The summed E-state index contributed by atoms with van der Waals surface area (Å²) < 4.78 is 13.2. The zero-order valence-electron chi connectivity index (χ0n) is 9.81. The van der Waals surface area contributed by atoms with E-state index in [1.807, 2.05) is 30.3 Å². The van der Waals surface area contributed by atoms with E-state index in [-0.39, 0.29) is 0 Å². The number of rotatable bonds is 3. The number of nitrogens with zero attached hydrogens (tertiary/aromatic N) is 4. The molecule has 0 atom stereocenters. The molecule has 0 unspecified atom stereocenters. The van der Waals surface area contributed by atoms with Crippen LogP contribution in [0.3, 0.4) is 0 Å². The number of tetrazole rings is 1. The smallest absolute Gasteiger partial charge is 0.253 e. The zero-order valence-corrected chi connectivity index (χ0v) is 10.6. The minimum atomic E-state index is -0.844. The maximum atomic E-state index is 5.79. The fourth-order valence-corrected chi connectivity index (χ4v) is 2.77. The Bertz CT molecular complexity index is 525. The number of aromatic nitrogens is 4. The van der Waals surface area contributed by atoms with Crippen molar-refractivity contribution in [1.82, 2.24) is 20.2 Å². The minimum Gasteiger partial charge on any atom is -0.335 e. The van der Waals surface area contributed by atoms with Gasteiger partial charge in [-0.05, 0) is 22.2 Å². The van der Waals surface area contributed by atoms with E-state index in [0.717, 1.165) is 5.56 Å². The maximum absolute atomic E-state index is 5.79. The lowest BCUT2D eigenvalue weighted by atomic mass is 10.2. The molecule has 1 aliphatic rings. The number of benzene rings is 1. The van der Waals surface area contributed by atoms with E-state index in [0.29, 0.717) is 18.4 Å². The van der Waals surface area contributed by atoms with Crippen LogP contribution in [0.15, 0.2) is 35.5 Å². The molecule has 0 spiro atoms. The first kappa shape index (κ1) is 11.6. The summed E-state index contributed by atoms with van der Waals surface area (Å²) in [4.78, 5) is 0. The molecular formula is C11H12N4O2S. The van der Waals surface area contributed by atoms with Gasteiger partial charge in [-0.1, -0.05) is 30.3 Å². The molecule has 0 radical (unpaired) electrons. The Hall–Kier alpha value is -1.44. The largest absolute Gasteiger partial charge is 0.335 e. The second kappa shape index (κ2) is 4.68. The Morgan fingerprint density at radius 1 is 1.22 bits per heavy atom. The van der Waals surface area contributed by atoms with Gasteiger partial charge < -0.3 is 9.47 Å². The van der Waals surface area contributed by atoms with Crippen molar-refractivity contribution >= 4 is 11.8 Å². The van der Waals surface area contributed by atoms with E-state index in [9.17, 15) is 0 Å². The van der Waals surface area contributed by atoms with Crippen molar-refractivity contribution in [1.29, 1.82) is 0 Å². The lowest BCUT2D eigenvalue weighted by Gasteiger charge is -2.25. The van der Waals surface area contributed by atoms with Crippen LogP contribution in [0, 0.1) is 0 Å². The highest BCUT2D eigenvalue weighted by Crippen LogP contribution is 2.44. The molecule has 1 fully saturated rings. The number of thioether (sulfide) groups is 1. The third-order valence-electron chi connectivity index (χ3n) is 2.60. The van der Waals surface area contributed by atoms with Gasteiger partial charge in [-0.25, -0.2) is 4.68 Å². The van der Waals surface area contributed by atoms with Crippen LogP contribution in [0.25, 0.3) is 0 Å². The van der Waals surface area contributed by atoms with E-state index in [1.54, 1.807) is 11.7 Å². The number of ether oxygens (including phenoxy) is 2. The number of hydrogen-bond acceptors (Lipinski definition) is 6. The Balaban J connectivity index is 1.95. The van der Waals surface area contributed by atoms with E-state index < -0.39 is 5.12 Å². The SMILES string of the molecule is Cn1nnnc1SC1(c2ccccc2)OCCO1. The van der Waals surface area contributed by atoms with Gasteiger partial charge in [-0.3, -0.25) is 0 Å². The third-order valence-corrected chi connectivity index (χ3v) is 3.87. The lowest BCUT2D eigenvalue weighted by molar-refractivity contribution is -0.0818. The lowest BCUT2D eigenvalue weighted by Crippen LogP contribution is -2.23. The van der Waals surface area contributed by atoms with Gasteiger partial charge in [0.15, 0.2) is 0 Å². The second-order valence-corrected chi connectivity index (χ2v) is 4.91. The fraction of sp³-hybridized carbons (Fsp3) is 0.364. The molecule has 0 aliphatic carbocycles. The van der Waals surface area contributed by atoms with Crippen LogP contribution in [0.4, 0.5) is 0 Å². The molecule has 2 aromatic rings. The Morgan fingerprint density at radius 2 is 1.94 bits per heavy atom. The molecule has 0 bridgehead atoms. The van der Waals surface area contributed by atoms with Gasteiger partial charge >= 0.3 is 0 Å². The van der Waals surface area contributed by atoms with Crippen molar-refractivity contribution in [2.75, 3.05) is 13.2 Å². The summed E-state index contributed by atoms with van der Waals surface area (Å²) in [6.07, 6.45) is 0. The first-order chi connectivity index (χ1) is 8.80. The number of hydrogen-bond donors (Lipinski definition) is 0. The van der Waals surface area contributed by atoms with Gasteiger partial charge in [0, 0.05) is 12.6 Å². The summed E-state index contributed by atoms with van der Waals surface area (Å²) in [5.41, 5.74) is 0.954. The number of aryl methyl sites for hydroxylation is 1. The summed E-state index contributed by atoms with van der Waals surface area (Å²) in [5.74, 6) is 0. The van der Waals surface area contributed by atoms with Crippen molar-refractivity contribution in [3.63, 3.8) is 0 Å². The Morgan fingerprint density at radius 3 is 2.56 bits per heavy atom. The zero-order chi connectivity index (χ0) is 12.4. The first-order valence-corrected chi connectivity index (χ1v) is 6.37. The van der Waals surface area contributed by atoms with Crippen molar-refractivity contribution in [3.8, 4) is 0 Å². The van der Waals surface area contributed by atoms with Gasteiger partial charge in [-0.2, -0.15) is 0 Å². The average molecular weight is 264 g/mol. The average Bonchev–Trinajstić information content (AvgIpc) is 3.03. The van der Waals surface area contributed by atoms with Crippen LogP contribution in [-0.4, -0.2) is 33.4 Å². The van der Waals surface area contributed by atoms with Crippen LogP contribution in [-0.2, 0) is 21.6 Å². The molecule has 0 amide bonds. The highest BCUT2D eigenvalue weighted by Gasteiger charge is 2.41. The van der Waals surface area contributed by atoms with Crippen LogP contribution in [0.5, 0.6) is 0 Å². The van der Waals surface area contributed by atoms with Gasteiger partial charge in [-0.15, -0.1) is 5.10 Å². The van der Waals surface area contributed by atoms with Crippen LogP contribution in [0.2, 0.25) is 0 Å². The maximum Gasteiger partial charge on any atom is 0.253 e. The summed E-state index contributed by atoms with van der Waals surface area (Å²) in [6, 6.07) is 9.82. The topological polar surface area (TPSA) is 62.1 Å². The monoisotopic (exact) mass is 264 g/mol. The molecule has 94 valence electrons. The van der Waals surface area contributed by atoms with Crippen LogP contribution in [0.1, 0.15) is 5.56 Å².